The van der Waals surface area contributed by atoms with E-state index in [1.54, 1.807) is 0 Å². The Balaban J connectivity index is 1.53. The Labute approximate surface area is 139 Å². The number of hydrogen-bond donors (Lipinski definition) is 2. The van der Waals surface area contributed by atoms with E-state index in [4.69, 9.17) is 9.47 Å². The fourth-order valence-corrected chi connectivity index (χ4v) is 2.99. The molecule has 4 rings (SSSR count). The van der Waals surface area contributed by atoms with Gasteiger partial charge in [0.1, 0.15) is 5.69 Å². The monoisotopic (exact) mass is 322 g/mol. The zero-order chi connectivity index (χ0) is 16.7. The zero-order valence-corrected chi connectivity index (χ0v) is 13.6. The van der Waals surface area contributed by atoms with E-state index in [-0.39, 0.29) is 12.7 Å². The van der Waals surface area contributed by atoms with Crippen molar-refractivity contribution in [1.29, 1.82) is 0 Å². The highest BCUT2D eigenvalue weighted by Gasteiger charge is 2.16. The average molecular weight is 322 g/mol. The zero-order valence-electron chi connectivity index (χ0n) is 13.6. The molecule has 0 spiro atoms. The van der Waals surface area contributed by atoms with Gasteiger partial charge in [0, 0.05) is 17.4 Å². The maximum Gasteiger partial charge on any atom is 0.268 e. The van der Waals surface area contributed by atoms with Crippen LogP contribution in [0.1, 0.15) is 27.2 Å². The van der Waals surface area contributed by atoms with Crippen molar-refractivity contribution in [2.45, 2.75) is 20.4 Å². The maximum atomic E-state index is 12.5. The summed E-state index contributed by atoms with van der Waals surface area (Å²) in [6, 6.07) is 11.8. The topological polar surface area (TPSA) is 63.4 Å². The van der Waals surface area contributed by atoms with Crippen LogP contribution in [0.25, 0.3) is 10.9 Å². The SMILES string of the molecule is Cc1ccc2[nH]c(C(=O)NCc3ccc4c(c3)OCO4)c(C)c2c1. The van der Waals surface area contributed by atoms with E-state index < -0.39 is 0 Å². The molecule has 0 atom stereocenters. The van der Waals surface area contributed by atoms with Gasteiger partial charge in [-0.15, -0.1) is 0 Å². The van der Waals surface area contributed by atoms with Crippen LogP contribution in [0.15, 0.2) is 36.4 Å². The molecular weight excluding hydrogens is 304 g/mol. The Morgan fingerprint density at radius 1 is 1.12 bits per heavy atom. The molecule has 0 saturated carbocycles. The second-order valence-electron chi connectivity index (χ2n) is 6.04. The fourth-order valence-electron chi connectivity index (χ4n) is 2.99. The molecule has 5 nitrogen and oxygen atoms in total. The van der Waals surface area contributed by atoms with Crippen LogP contribution >= 0.6 is 0 Å². The number of nitrogens with one attached hydrogen (secondary N) is 2. The number of ether oxygens (including phenoxy) is 2. The lowest BCUT2D eigenvalue weighted by atomic mass is 10.1. The quantitative estimate of drug-likeness (QED) is 0.776. The van der Waals surface area contributed by atoms with Crippen molar-refractivity contribution >= 4 is 16.8 Å². The van der Waals surface area contributed by atoms with Gasteiger partial charge in [-0.05, 0) is 49.2 Å². The van der Waals surface area contributed by atoms with Gasteiger partial charge in [-0.3, -0.25) is 4.79 Å². The first-order valence-electron chi connectivity index (χ1n) is 7.87. The molecule has 24 heavy (non-hydrogen) atoms. The Morgan fingerprint density at radius 2 is 1.96 bits per heavy atom. The van der Waals surface area contributed by atoms with Gasteiger partial charge in [0.25, 0.3) is 5.91 Å². The second kappa shape index (κ2) is 5.60. The highest BCUT2D eigenvalue weighted by Crippen LogP contribution is 2.32. The van der Waals surface area contributed by atoms with E-state index in [2.05, 4.69) is 16.4 Å². The maximum absolute atomic E-state index is 12.5. The van der Waals surface area contributed by atoms with Crippen molar-refractivity contribution in [1.82, 2.24) is 10.3 Å². The minimum atomic E-state index is -0.112. The molecule has 2 N–H and O–H groups in total. The molecule has 0 bridgehead atoms. The molecule has 0 fully saturated rings. The number of carbonyl (C=O) groups excluding carboxylic acids is 1. The summed E-state index contributed by atoms with van der Waals surface area (Å²) in [4.78, 5) is 15.7. The highest BCUT2D eigenvalue weighted by molar-refractivity contribution is 6.01. The predicted molar refractivity (Wildman–Crippen MR) is 91.5 cm³/mol. The molecule has 122 valence electrons. The van der Waals surface area contributed by atoms with Crippen molar-refractivity contribution in [3.05, 3.63) is 58.8 Å². The number of aromatic nitrogens is 1. The lowest BCUT2D eigenvalue weighted by Gasteiger charge is -2.06. The summed E-state index contributed by atoms with van der Waals surface area (Å²) < 4.78 is 10.7. The summed E-state index contributed by atoms with van der Waals surface area (Å²) in [5, 5.41) is 4.04. The molecule has 0 radical (unpaired) electrons. The summed E-state index contributed by atoms with van der Waals surface area (Å²) in [7, 11) is 0. The summed E-state index contributed by atoms with van der Waals surface area (Å²) in [5.74, 6) is 1.35. The van der Waals surface area contributed by atoms with Gasteiger partial charge in [-0.2, -0.15) is 0 Å². The molecule has 1 aliphatic rings. The van der Waals surface area contributed by atoms with Crippen molar-refractivity contribution in [2.24, 2.45) is 0 Å². The molecule has 3 aromatic rings. The number of benzene rings is 2. The van der Waals surface area contributed by atoms with Gasteiger partial charge in [0.15, 0.2) is 11.5 Å². The highest BCUT2D eigenvalue weighted by atomic mass is 16.7. The van der Waals surface area contributed by atoms with Crippen LogP contribution in [0, 0.1) is 13.8 Å². The van der Waals surface area contributed by atoms with Gasteiger partial charge in [-0.1, -0.05) is 17.7 Å². The van der Waals surface area contributed by atoms with Crippen LogP contribution in [0.4, 0.5) is 0 Å². The largest absolute Gasteiger partial charge is 0.454 e. The number of rotatable bonds is 3. The van der Waals surface area contributed by atoms with E-state index in [1.165, 1.54) is 5.56 Å². The summed E-state index contributed by atoms with van der Waals surface area (Å²) >= 11 is 0. The first kappa shape index (κ1) is 14.6. The molecule has 1 amide bonds. The van der Waals surface area contributed by atoms with Gasteiger partial charge in [0.2, 0.25) is 6.79 Å². The Bertz CT molecular complexity index is 943. The van der Waals surface area contributed by atoms with Crippen molar-refractivity contribution < 1.29 is 14.3 Å². The molecule has 0 aliphatic carbocycles. The second-order valence-corrected chi connectivity index (χ2v) is 6.04. The lowest BCUT2D eigenvalue weighted by molar-refractivity contribution is 0.0946. The third-order valence-corrected chi connectivity index (χ3v) is 4.33. The normalized spacial score (nSPS) is 12.6. The number of carbonyl (C=O) groups is 1. The van der Waals surface area contributed by atoms with E-state index >= 15 is 0 Å². The average Bonchev–Trinajstić information content (AvgIpc) is 3.17. The summed E-state index contributed by atoms with van der Waals surface area (Å²) in [6.45, 7) is 4.70. The summed E-state index contributed by atoms with van der Waals surface area (Å²) in [6.07, 6.45) is 0. The molecule has 2 aromatic carbocycles. The minimum Gasteiger partial charge on any atom is -0.454 e. The number of amides is 1. The Morgan fingerprint density at radius 3 is 2.83 bits per heavy atom. The molecule has 0 saturated heterocycles. The molecule has 1 aromatic heterocycles. The smallest absolute Gasteiger partial charge is 0.268 e. The molecule has 2 heterocycles. The molecule has 0 unspecified atom stereocenters. The van der Waals surface area contributed by atoms with Crippen LogP contribution in [0.2, 0.25) is 0 Å². The van der Waals surface area contributed by atoms with Crippen LogP contribution in [-0.2, 0) is 6.54 Å². The van der Waals surface area contributed by atoms with Gasteiger partial charge < -0.3 is 19.8 Å². The van der Waals surface area contributed by atoms with Crippen LogP contribution in [0.5, 0.6) is 11.5 Å². The molecule has 1 aliphatic heterocycles. The molecule has 5 heteroatoms. The van der Waals surface area contributed by atoms with Crippen molar-refractivity contribution in [3.8, 4) is 11.5 Å². The first-order chi connectivity index (χ1) is 11.6. The minimum absolute atomic E-state index is 0.112. The number of H-pyrrole nitrogens is 1. The summed E-state index contributed by atoms with van der Waals surface area (Å²) in [5.41, 5.74) is 4.70. The number of fused-ring (bicyclic) bond motifs is 2. The number of aryl methyl sites for hydroxylation is 2. The fraction of sp³-hybridized carbons (Fsp3) is 0.211. The van der Waals surface area contributed by atoms with Crippen molar-refractivity contribution in [2.75, 3.05) is 6.79 Å². The standard InChI is InChI=1S/C19H18N2O3/c1-11-3-5-15-14(7-11)12(2)18(21-15)19(22)20-9-13-4-6-16-17(8-13)24-10-23-16/h3-8,21H,9-10H2,1-2H3,(H,20,22). The Kier molecular flexibility index (Phi) is 3.41. The van der Waals surface area contributed by atoms with E-state index in [0.29, 0.717) is 12.2 Å². The van der Waals surface area contributed by atoms with Gasteiger partial charge in [-0.25, -0.2) is 0 Å². The van der Waals surface area contributed by atoms with Gasteiger partial charge >= 0.3 is 0 Å². The number of aromatic amines is 1. The predicted octanol–water partition coefficient (Wildman–Crippen LogP) is 3.44. The van der Waals surface area contributed by atoms with Gasteiger partial charge in [0.05, 0.1) is 0 Å². The lowest BCUT2D eigenvalue weighted by Crippen LogP contribution is -2.23. The molecular formula is C19H18N2O3. The van der Waals surface area contributed by atoms with Crippen LogP contribution in [-0.4, -0.2) is 17.7 Å². The Hall–Kier alpha value is -2.95. The van der Waals surface area contributed by atoms with E-state index in [1.807, 2.05) is 44.2 Å². The van der Waals surface area contributed by atoms with E-state index in [0.717, 1.165) is 33.5 Å². The third-order valence-electron chi connectivity index (χ3n) is 4.33. The number of hydrogen-bond acceptors (Lipinski definition) is 3. The van der Waals surface area contributed by atoms with Crippen LogP contribution < -0.4 is 14.8 Å². The van der Waals surface area contributed by atoms with Crippen LogP contribution in [0.3, 0.4) is 0 Å². The first-order valence-corrected chi connectivity index (χ1v) is 7.87. The van der Waals surface area contributed by atoms with Crippen molar-refractivity contribution in [3.63, 3.8) is 0 Å². The third kappa shape index (κ3) is 2.48. The van der Waals surface area contributed by atoms with E-state index in [9.17, 15) is 4.79 Å².